The van der Waals surface area contributed by atoms with Crippen LogP contribution in [-0.2, 0) is 0 Å². The molecule has 11 rings (SSSR count). The summed E-state index contributed by atoms with van der Waals surface area (Å²) in [5.74, 6) is 1.69. The van der Waals surface area contributed by atoms with Crippen molar-refractivity contribution in [2.45, 2.75) is 0 Å². The first-order valence-electron chi connectivity index (χ1n) is 16.9. The molecule has 238 valence electrons. The van der Waals surface area contributed by atoms with Gasteiger partial charge in [-0.25, -0.2) is 15.0 Å². The van der Waals surface area contributed by atoms with Gasteiger partial charge in [0.15, 0.2) is 17.5 Å². The zero-order valence-corrected chi connectivity index (χ0v) is 27.1. The van der Waals surface area contributed by atoms with Gasteiger partial charge in [0.1, 0.15) is 22.3 Å². The lowest BCUT2D eigenvalue weighted by atomic mass is 10.1. The van der Waals surface area contributed by atoms with Crippen molar-refractivity contribution >= 4 is 65.7 Å². The molecule has 6 nitrogen and oxygen atoms in total. The molecule has 0 aliphatic heterocycles. The molecule has 4 heterocycles. The van der Waals surface area contributed by atoms with Gasteiger partial charge < -0.3 is 13.4 Å². The molecule has 0 saturated heterocycles. The van der Waals surface area contributed by atoms with Crippen LogP contribution in [0.25, 0.3) is 106 Å². The van der Waals surface area contributed by atoms with Gasteiger partial charge in [-0.15, -0.1) is 0 Å². The first kappa shape index (κ1) is 27.9. The van der Waals surface area contributed by atoms with Gasteiger partial charge in [-0.3, -0.25) is 0 Å². The van der Waals surface area contributed by atoms with Gasteiger partial charge in [-0.2, -0.15) is 0 Å². The number of aromatic nitrogens is 4. The van der Waals surface area contributed by atoms with E-state index in [1.54, 1.807) is 0 Å². The predicted octanol–water partition coefficient (Wildman–Crippen LogP) is 11.8. The predicted molar refractivity (Wildman–Crippen MR) is 205 cm³/mol. The molecule has 0 aliphatic rings. The molecule has 6 heteroatoms. The Labute approximate surface area is 290 Å². The van der Waals surface area contributed by atoms with Crippen molar-refractivity contribution in [3.05, 3.63) is 158 Å². The minimum atomic E-state index is 0.542. The average Bonchev–Trinajstić information content (AvgIpc) is 3.87. The highest BCUT2D eigenvalue weighted by Gasteiger charge is 2.20. The molecule has 0 aliphatic carbocycles. The number of para-hydroxylation sites is 5. The van der Waals surface area contributed by atoms with Crippen molar-refractivity contribution < 1.29 is 8.83 Å². The molecular weight excluding hydrogens is 629 g/mol. The van der Waals surface area contributed by atoms with Crippen molar-refractivity contribution in [3.8, 4) is 39.9 Å². The van der Waals surface area contributed by atoms with Crippen molar-refractivity contribution in [1.82, 2.24) is 19.5 Å². The van der Waals surface area contributed by atoms with Gasteiger partial charge in [0.2, 0.25) is 0 Å². The third-order valence-corrected chi connectivity index (χ3v) is 9.86. The molecule has 0 unspecified atom stereocenters. The SMILES string of the molecule is c1ccc(-n2c3ccccc3c3ccc(-c4nc(-c5ccc6oc7ccccc7c6c5)nc(-c5cccc6c5oc5ccccc56)n4)cc32)cc1. The van der Waals surface area contributed by atoms with E-state index in [0.29, 0.717) is 17.5 Å². The molecule has 0 atom stereocenters. The van der Waals surface area contributed by atoms with Gasteiger partial charge in [0.05, 0.1) is 16.6 Å². The van der Waals surface area contributed by atoms with E-state index in [2.05, 4.69) is 95.6 Å². The Bertz CT molecular complexity index is 3150. The van der Waals surface area contributed by atoms with E-state index in [9.17, 15) is 0 Å². The van der Waals surface area contributed by atoms with Crippen LogP contribution in [0.3, 0.4) is 0 Å². The minimum absolute atomic E-state index is 0.542. The number of benzene rings is 7. The monoisotopic (exact) mass is 654 g/mol. The smallest absolute Gasteiger partial charge is 0.167 e. The Morgan fingerprint density at radius 1 is 0.373 bits per heavy atom. The fourth-order valence-electron chi connectivity index (χ4n) is 7.51. The summed E-state index contributed by atoms with van der Waals surface area (Å²) in [4.78, 5) is 15.5. The number of furan rings is 2. The Hall–Kier alpha value is -7.05. The summed E-state index contributed by atoms with van der Waals surface area (Å²) in [5, 5.41) is 6.50. The maximum atomic E-state index is 6.46. The second-order valence-corrected chi connectivity index (χ2v) is 12.8. The first-order chi connectivity index (χ1) is 25.3. The van der Waals surface area contributed by atoms with Crippen LogP contribution in [0, 0.1) is 0 Å². The summed E-state index contributed by atoms with van der Waals surface area (Å²) in [6, 6.07) is 54.0. The summed E-state index contributed by atoms with van der Waals surface area (Å²) in [6.45, 7) is 0. The van der Waals surface area contributed by atoms with Crippen LogP contribution in [0.15, 0.2) is 167 Å². The molecule has 0 N–H and O–H groups in total. The molecule has 0 saturated carbocycles. The average molecular weight is 655 g/mol. The lowest BCUT2D eigenvalue weighted by molar-refractivity contribution is 0.669. The van der Waals surface area contributed by atoms with Crippen LogP contribution in [0.2, 0.25) is 0 Å². The van der Waals surface area contributed by atoms with Crippen LogP contribution < -0.4 is 0 Å². The maximum absolute atomic E-state index is 6.46. The zero-order chi connectivity index (χ0) is 33.5. The highest BCUT2D eigenvalue weighted by atomic mass is 16.3. The first-order valence-corrected chi connectivity index (χ1v) is 16.9. The van der Waals surface area contributed by atoms with Crippen molar-refractivity contribution in [3.63, 3.8) is 0 Å². The van der Waals surface area contributed by atoms with E-state index in [1.165, 1.54) is 5.39 Å². The van der Waals surface area contributed by atoms with E-state index in [0.717, 1.165) is 82.7 Å². The third-order valence-electron chi connectivity index (χ3n) is 9.86. The zero-order valence-electron chi connectivity index (χ0n) is 27.1. The second-order valence-electron chi connectivity index (χ2n) is 12.8. The molecule has 0 spiro atoms. The molecule has 7 aromatic carbocycles. The summed E-state index contributed by atoms with van der Waals surface area (Å²) >= 11 is 0. The van der Waals surface area contributed by atoms with E-state index < -0.39 is 0 Å². The second kappa shape index (κ2) is 10.7. The standard InChI is InChI=1S/C45H26N4O2/c1-2-11-29(12-3-1)49-37-18-7-4-13-30(37)31-23-21-28(26-38(31)49)44-46-43(27-22-24-41-36(25-27)33-15-6-8-19-39(33)50-41)47-45(48-44)35-17-10-16-34-32-14-5-9-20-40(32)51-42(34)35/h1-26H. The lowest BCUT2D eigenvalue weighted by Crippen LogP contribution is -2.01. The van der Waals surface area contributed by atoms with Crippen molar-refractivity contribution in [2.75, 3.05) is 0 Å². The number of rotatable bonds is 4. The van der Waals surface area contributed by atoms with Crippen molar-refractivity contribution in [2.24, 2.45) is 0 Å². The molecule has 11 aromatic rings. The van der Waals surface area contributed by atoms with E-state index in [4.69, 9.17) is 23.8 Å². The van der Waals surface area contributed by atoms with Gasteiger partial charge in [0.25, 0.3) is 0 Å². The Balaban J connectivity index is 1.18. The summed E-state index contributed by atoms with van der Waals surface area (Å²) in [5.41, 5.74) is 9.12. The van der Waals surface area contributed by atoms with E-state index >= 15 is 0 Å². The fraction of sp³-hybridized carbons (Fsp3) is 0. The number of hydrogen-bond donors (Lipinski definition) is 0. The highest BCUT2D eigenvalue weighted by molar-refractivity contribution is 6.11. The van der Waals surface area contributed by atoms with Crippen LogP contribution in [0.1, 0.15) is 0 Å². The normalized spacial score (nSPS) is 11.9. The van der Waals surface area contributed by atoms with Gasteiger partial charge in [-0.05, 0) is 60.7 Å². The fourth-order valence-corrected chi connectivity index (χ4v) is 7.51. The van der Waals surface area contributed by atoms with Crippen LogP contribution in [0.4, 0.5) is 0 Å². The largest absolute Gasteiger partial charge is 0.456 e. The molecule has 0 bridgehead atoms. The Kier molecular flexibility index (Phi) is 5.86. The summed E-state index contributed by atoms with van der Waals surface area (Å²) in [6.07, 6.45) is 0. The molecule has 0 fully saturated rings. The van der Waals surface area contributed by atoms with Crippen LogP contribution in [-0.4, -0.2) is 19.5 Å². The van der Waals surface area contributed by atoms with E-state index in [-0.39, 0.29) is 0 Å². The third kappa shape index (κ3) is 4.26. The Morgan fingerprint density at radius 3 is 1.78 bits per heavy atom. The molecule has 51 heavy (non-hydrogen) atoms. The van der Waals surface area contributed by atoms with E-state index in [1.807, 2.05) is 66.7 Å². The van der Waals surface area contributed by atoms with Crippen LogP contribution in [0.5, 0.6) is 0 Å². The number of hydrogen-bond acceptors (Lipinski definition) is 5. The number of fused-ring (bicyclic) bond motifs is 9. The number of nitrogens with zero attached hydrogens (tertiary/aromatic N) is 4. The lowest BCUT2D eigenvalue weighted by Gasteiger charge is -2.10. The minimum Gasteiger partial charge on any atom is -0.456 e. The summed E-state index contributed by atoms with van der Waals surface area (Å²) in [7, 11) is 0. The van der Waals surface area contributed by atoms with Crippen molar-refractivity contribution in [1.29, 1.82) is 0 Å². The Morgan fingerprint density at radius 2 is 0.961 bits per heavy atom. The molecule has 4 aromatic heterocycles. The quantitative estimate of drug-likeness (QED) is 0.189. The van der Waals surface area contributed by atoms with Gasteiger partial charge in [0, 0.05) is 49.1 Å². The molecule has 0 radical (unpaired) electrons. The summed E-state index contributed by atoms with van der Waals surface area (Å²) < 4.78 is 14.9. The topological polar surface area (TPSA) is 69.9 Å². The molecular formula is C45H26N4O2. The van der Waals surface area contributed by atoms with Gasteiger partial charge in [-0.1, -0.05) is 97.1 Å². The van der Waals surface area contributed by atoms with Crippen LogP contribution >= 0.6 is 0 Å². The highest BCUT2D eigenvalue weighted by Crippen LogP contribution is 2.38. The maximum Gasteiger partial charge on any atom is 0.167 e. The van der Waals surface area contributed by atoms with Gasteiger partial charge >= 0.3 is 0 Å². The molecule has 0 amide bonds.